The summed E-state index contributed by atoms with van der Waals surface area (Å²) in [5, 5.41) is 0. The van der Waals surface area contributed by atoms with E-state index in [4.69, 9.17) is 4.74 Å². The SMILES string of the molecule is CC1=C2C[C@@H]3[C@@H](C[C@@]2(C)CCC1)OC(=O)[C@@H]3CN1CCN(c2ncccn2)CC1. The fourth-order valence-electron chi connectivity index (χ4n) is 6.18. The average Bonchev–Trinajstić information content (AvgIpc) is 3.01. The van der Waals surface area contributed by atoms with Gasteiger partial charge in [0, 0.05) is 51.0 Å². The summed E-state index contributed by atoms with van der Waals surface area (Å²) in [7, 11) is 0. The first-order valence-electron chi connectivity index (χ1n) is 11.2. The maximum atomic E-state index is 12.8. The monoisotopic (exact) mass is 396 g/mol. The molecule has 2 saturated heterocycles. The number of hydrogen-bond acceptors (Lipinski definition) is 6. The lowest BCUT2D eigenvalue weighted by atomic mass is 9.59. The molecule has 0 amide bonds. The maximum absolute atomic E-state index is 12.8. The van der Waals surface area contributed by atoms with Crippen LogP contribution < -0.4 is 4.90 Å². The summed E-state index contributed by atoms with van der Waals surface area (Å²) in [5.74, 6) is 1.22. The molecule has 3 heterocycles. The van der Waals surface area contributed by atoms with Crippen LogP contribution in [-0.2, 0) is 9.53 Å². The third kappa shape index (κ3) is 3.45. The van der Waals surface area contributed by atoms with Gasteiger partial charge in [0.15, 0.2) is 0 Å². The molecule has 1 saturated carbocycles. The van der Waals surface area contributed by atoms with E-state index in [1.54, 1.807) is 23.5 Å². The van der Waals surface area contributed by atoms with Gasteiger partial charge in [-0.15, -0.1) is 0 Å². The van der Waals surface area contributed by atoms with Crippen molar-refractivity contribution in [3.63, 3.8) is 0 Å². The summed E-state index contributed by atoms with van der Waals surface area (Å²) < 4.78 is 5.94. The molecule has 1 aromatic rings. The van der Waals surface area contributed by atoms with E-state index in [0.29, 0.717) is 5.92 Å². The van der Waals surface area contributed by atoms with Crippen LogP contribution in [0.1, 0.15) is 46.0 Å². The number of ether oxygens (including phenoxy) is 1. The highest BCUT2D eigenvalue weighted by atomic mass is 16.6. The Labute approximate surface area is 173 Å². The normalized spacial score (nSPS) is 35.3. The van der Waals surface area contributed by atoms with Crippen molar-refractivity contribution in [3.05, 3.63) is 29.6 Å². The van der Waals surface area contributed by atoms with Crippen LogP contribution in [0.5, 0.6) is 0 Å². The van der Waals surface area contributed by atoms with Crippen LogP contribution in [0.25, 0.3) is 0 Å². The lowest BCUT2D eigenvalue weighted by molar-refractivity contribution is -0.145. The second-order valence-electron chi connectivity index (χ2n) is 9.66. The van der Waals surface area contributed by atoms with Gasteiger partial charge in [0.1, 0.15) is 6.10 Å². The Kier molecular flexibility index (Phi) is 4.85. The van der Waals surface area contributed by atoms with Crippen molar-refractivity contribution in [1.82, 2.24) is 14.9 Å². The summed E-state index contributed by atoms with van der Waals surface area (Å²) in [6.07, 6.45) is 9.53. The quantitative estimate of drug-likeness (QED) is 0.578. The molecule has 4 atom stereocenters. The van der Waals surface area contributed by atoms with E-state index in [9.17, 15) is 4.79 Å². The first-order valence-corrected chi connectivity index (χ1v) is 11.2. The molecule has 0 bridgehead atoms. The van der Waals surface area contributed by atoms with Crippen molar-refractivity contribution in [2.24, 2.45) is 17.3 Å². The summed E-state index contributed by atoms with van der Waals surface area (Å²) in [4.78, 5) is 26.2. The van der Waals surface area contributed by atoms with Gasteiger partial charge >= 0.3 is 5.97 Å². The van der Waals surface area contributed by atoms with Crippen molar-refractivity contribution in [1.29, 1.82) is 0 Å². The molecule has 29 heavy (non-hydrogen) atoms. The highest BCUT2D eigenvalue weighted by Crippen LogP contribution is 2.55. The number of anilines is 1. The van der Waals surface area contributed by atoms with E-state index in [2.05, 4.69) is 33.6 Å². The fourth-order valence-corrected chi connectivity index (χ4v) is 6.18. The number of hydrogen-bond donors (Lipinski definition) is 0. The Bertz CT molecular complexity index is 802. The first kappa shape index (κ1) is 19.0. The number of allylic oxidation sites excluding steroid dienone is 2. The van der Waals surface area contributed by atoms with Gasteiger partial charge in [-0.25, -0.2) is 9.97 Å². The van der Waals surface area contributed by atoms with Gasteiger partial charge in [0.05, 0.1) is 5.92 Å². The molecule has 0 unspecified atom stereocenters. The smallest absolute Gasteiger partial charge is 0.310 e. The van der Waals surface area contributed by atoms with Crippen LogP contribution in [0.4, 0.5) is 5.95 Å². The lowest BCUT2D eigenvalue weighted by Gasteiger charge is -2.46. The molecule has 156 valence electrons. The minimum Gasteiger partial charge on any atom is -0.462 e. The number of carbonyl (C=O) groups is 1. The Balaban J connectivity index is 1.25. The fraction of sp³-hybridized carbons (Fsp3) is 0.696. The molecule has 2 aliphatic carbocycles. The highest BCUT2D eigenvalue weighted by molar-refractivity contribution is 5.76. The predicted molar refractivity (Wildman–Crippen MR) is 111 cm³/mol. The summed E-state index contributed by atoms with van der Waals surface area (Å²) in [6.45, 7) is 9.23. The number of aromatic nitrogens is 2. The third-order valence-corrected chi connectivity index (χ3v) is 7.84. The van der Waals surface area contributed by atoms with Gasteiger partial charge in [0.25, 0.3) is 0 Å². The van der Waals surface area contributed by atoms with Crippen LogP contribution >= 0.6 is 0 Å². The van der Waals surface area contributed by atoms with Gasteiger partial charge < -0.3 is 9.64 Å². The van der Waals surface area contributed by atoms with Gasteiger partial charge in [-0.1, -0.05) is 18.1 Å². The Hall–Kier alpha value is -1.95. The van der Waals surface area contributed by atoms with E-state index in [1.807, 2.05) is 6.07 Å². The highest BCUT2D eigenvalue weighted by Gasteiger charge is 2.53. The van der Waals surface area contributed by atoms with Crippen LogP contribution in [0.3, 0.4) is 0 Å². The van der Waals surface area contributed by atoms with Crippen LogP contribution in [0.15, 0.2) is 29.6 Å². The molecule has 0 N–H and O–H groups in total. The van der Waals surface area contributed by atoms with E-state index in [0.717, 1.165) is 51.5 Å². The zero-order valence-corrected chi connectivity index (χ0v) is 17.6. The number of piperazine rings is 1. The van der Waals surface area contributed by atoms with Crippen LogP contribution in [0.2, 0.25) is 0 Å². The van der Waals surface area contributed by atoms with E-state index in [1.165, 1.54) is 19.3 Å². The number of carbonyl (C=O) groups excluding carboxylic acids is 1. The molecule has 5 rings (SSSR count). The molecule has 0 radical (unpaired) electrons. The Morgan fingerprint density at radius 2 is 1.97 bits per heavy atom. The third-order valence-electron chi connectivity index (χ3n) is 7.84. The van der Waals surface area contributed by atoms with E-state index < -0.39 is 0 Å². The minimum atomic E-state index is 0.0197. The minimum absolute atomic E-state index is 0.0197. The van der Waals surface area contributed by atoms with Crippen molar-refractivity contribution < 1.29 is 9.53 Å². The van der Waals surface area contributed by atoms with Crippen molar-refractivity contribution in [2.75, 3.05) is 37.6 Å². The molecule has 3 fully saturated rings. The summed E-state index contributed by atoms with van der Waals surface area (Å²) in [5.41, 5.74) is 3.46. The molecule has 0 spiro atoms. The predicted octanol–water partition coefficient (Wildman–Crippen LogP) is 3.06. The molecule has 6 nitrogen and oxygen atoms in total. The lowest BCUT2D eigenvalue weighted by Crippen LogP contribution is -2.49. The first-order chi connectivity index (χ1) is 14.0. The maximum Gasteiger partial charge on any atom is 0.310 e. The number of nitrogens with zero attached hydrogens (tertiary/aromatic N) is 4. The van der Waals surface area contributed by atoms with Crippen LogP contribution in [-0.4, -0.2) is 59.7 Å². The molecule has 2 aliphatic heterocycles. The number of esters is 1. The second-order valence-corrected chi connectivity index (χ2v) is 9.66. The van der Waals surface area contributed by atoms with Gasteiger partial charge in [-0.2, -0.15) is 0 Å². The zero-order chi connectivity index (χ0) is 20.0. The Morgan fingerprint density at radius 3 is 2.72 bits per heavy atom. The molecular formula is C23H32N4O2. The standard InChI is InChI=1S/C23H32N4O2/c1-16-5-3-6-23(2)14-20-17(13-19(16)23)18(21(28)29-20)15-26-9-11-27(12-10-26)22-24-7-4-8-25-22/h4,7-8,17-18,20H,3,5-6,9-15H2,1-2H3/t17-,18+,20+,23+/m0/s1. The average molecular weight is 397 g/mol. The topological polar surface area (TPSA) is 58.6 Å². The van der Waals surface area contributed by atoms with Crippen molar-refractivity contribution in [3.8, 4) is 0 Å². The van der Waals surface area contributed by atoms with E-state index in [-0.39, 0.29) is 23.4 Å². The zero-order valence-electron chi connectivity index (χ0n) is 17.6. The number of fused-ring (bicyclic) bond motifs is 2. The van der Waals surface area contributed by atoms with Gasteiger partial charge in [0.2, 0.25) is 5.95 Å². The molecule has 0 aromatic carbocycles. The molecule has 4 aliphatic rings. The Morgan fingerprint density at radius 1 is 1.21 bits per heavy atom. The molecular weight excluding hydrogens is 364 g/mol. The van der Waals surface area contributed by atoms with Crippen LogP contribution in [0, 0.1) is 17.3 Å². The summed E-state index contributed by atoms with van der Waals surface area (Å²) >= 11 is 0. The second kappa shape index (κ2) is 7.38. The molecule has 1 aromatic heterocycles. The summed E-state index contributed by atoms with van der Waals surface area (Å²) in [6, 6.07) is 1.85. The largest absolute Gasteiger partial charge is 0.462 e. The number of rotatable bonds is 3. The van der Waals surface area contributed by atoms with Gasteiger partial charge in [-0.3, -0.25) is 9.69 Å². The van der Waals surface area contributed by atoms with Crippen molar-refractivity contribution in [2.45, 2.75) is 52.1 Å². The van der Waals surface area contributed by atoms with Crippen molar-refractivity contribution >= 4 is 11.9 Å². The molecule has 6 heteroatoms. The van der Waals surface area contributed by atoms with E-state index >= 15 is 0 Å². The van der Waals surface area contributed by atoms with Gasteiger partial charge in [-0.05, 0) is 50.5 Å².